The van der Waals surface area contributed by atoms with Gasteiger partial charge >= 0.3 is 0 Å². The largest absolute Gasteiger partial charge is 0.496 e. The van der Waals surface area contributed by atoms with Gasteiger partial charge in [-0.2, -0.15) is 0 Å². The smallest absolute Gasteiger partial charge is 0.142 e. The molecule has 0 aliphatic carbocycles. The van der Waals surface area contributed by atoms with E-state index in [0.717, 1.165) is 24.3 Å². The highest BCUT2D eigenvalue weighted by molar-refractivity contribution is 6.35. The van der Waals surface area contributed by atoms with Crippen molar-refractivity contribution < 1.29 is 9.47 Å². The molecule has 0 saturated heterocycles. The maximum absolute atomic E-state index is 6.27. The molecule has 0 bridgehead atoms. The molecular weight excluding hydrogens is 345 g/mol. The second-order valence-corrected chi connectivity index (χ2v) is 6.62. The normalized spacial score (nSPS) is 10.9. The highest BCUT2D eigenvalue weighted by Crippen LogP contribution is 2.33. The van der Waals surface area contributed by atoms with Crippen LogP contribution in [0.3, 0.4) is 0 Å². The minimum absolute atomic E-state index is 0.0519. The summed E-state index contributed by atoms with van der Waals surface area (Å²) in [7, 11) is 1.69. The van der Waals surface area contributed by atoms with Crippen LogP contribution in [0.15, 0.2) is 36.4 Å². The zero-order valence-corrected chi connectivity index (χ0v) is 15.7. The van der Waals surface area contributed by atoms with E-state index in [1.54, 1.807) is 13.2 Å². The molecule has 0 aromatic heterocycles. The first kappa shape index (κ1) is 18.9. The Morgan fingerprint density at radius 1 is 1.08 bits per heavy atom. The van der Waals surface area contributed by atoms with Crippen molar-refractivity contribution >= 4 is 23.2 Å². The van der Waals surface area contributed by atoms with E-state index in [0.29, 0.717) is 22.3 Å². The van der Waals surface area contributed by atoms with Crippen molar-refractivity contribution in [2.75, 3.05) is 13.7 Å². The van der Waals surface area contributed by atoms with E-state index in [1.807, 2.05) is 38.1 Å². The van der Waals surface area contributed by atoms with E-state index < -0.39 is 0 Å². The van der Waals surface area contributed by atoms with Crippen LogP contribution in [0.1, 0.15) is 25.0 Å². The van der Waals surface area contributed by atoms with Crippen molar-refractivity contribution in [1.82, 2.24) is 5.32 Å². The monoisotopic (exact) mass is 367 g/mol. The number of nitrogens with one attached hydrogen (secondary N) is 1. The molecule has 130 valence electrons. The Labute approximate surface area is 153 Å². The molecule has 0 saturated carbocycles. The molecule has 3 nitrogen and oxygen atoms in total. The molecule has 24 heavy (non-hydrogen) atoms. The maximum atomic E-state index is 6.27. The summed E-state index contributed by atoms with van der Waals surface area (Å²) in [5.74, 6) is 1.61. The third-order valence-electron chi connectivity index (χ3n) is 3.52. The van der Waals surface area contributed by atoms with Gasteiger partial charge in [0.2, 0.25) is 0 Å². The fourth-order valence-electron chi connectivity index (χ4n) is 2.47. The summed E-state index contributed by atoms with van der Waals surface area (Å²) >= 11 is 12.4. The second kappa shape index (κ2) is 9.16. The van der Waals surface area contributed by atoms with Crippen molar-refractivity contribution in [1.29, 1.82) is 0 Å². The molecule has 0 unspecified atom stereocenters. The Morgan fingerprint density at radius 2 is 1.83 bits per heavy atom. The average Bonchev–Trinajstić information content (AvgIpc) is 2.54. The Hall–Kier alpha value is -1.42. The van der Waals surface area contributed by atoms with Crippen LogP contribution < -0.4 is 14.8 Å². The summed E-state index contributed by atoms with van der Waals surface area (Å²) in [5, 5.41) is 4.57. The standard InChI is InChI=1S/C19H23Cl2NO2/c1-13(2)24-19-15(10-16(20)11-17(19)21)12-22-9-8-14-6-4-5-7-18(14)23-3/h4-7,10-11,13,22H,8-9,12H2,1-3H3. The summed E-state index contributed by atoms with van der Waals surface area (Å²) in [6.45, 7) is 5.40. The van der Waals surface area contributed by atoms with Crippen LogP contribution in [-0.2, 0) is 13.0 Å². The molecule has 0 spiro atoms. The quantitative estimate of drug-likeness (QED) is 0.656. The van der Waals surface area contributed by atoms with E-state index >= 15 is 0 Å². The number of methoxy groups -OCH3 is 1. The van der Waals surface area contributed by atoms with Crippen LogP contribution in [0.25, 0.3) is 0 Å². The topological polar surface area (TPSA) is 30.5 Å². The molecule has 5 heteroatoms. The summed E-state index contributed by atoms with van der Waals surface area (Å²) < 4.78 is 11.2. The lowest BCUT2D eigenvalue weighted by atomic mass is 10.1. The lowest BCUT2D eigenvalue weighted by molar-refractivity contribution is 0.239. The van der Waals surface area contributed by atoms with Crippen LogP contribution in [0.4, 0.5) is 0 Å². The SMILES string of the molecule is COc1ccccc1CCNCc1cc(Cl)cc(Cl)c1OC(C)C. The highest BCUT2D eigenvalue weighted by atomic mass is 35.5. The first-order chi connectivity index (χ1) is 11.5. The van der Waals surface area contributed by atoms with Crippen molar-refractivity contribution in [2.45, 2.75) is 32.9 Å². The van der Waals surface area contributed by atoms with E-state index in [9.17, 15) is 0 Å². The fourth-order valence-corrected chi connectivity index (χ4v) is 3.05. The fraction of sp³-hybridized carbons (Fsp3) is 0.368. The molecule has 2 aromatic carbocycles. The zero-order valence-electron chi connectivity index (χ0n) is 14.2. The van der Waals surface area contributed by atoms with Gasteiger partial charge in [-0.15, -0.1) is 0 Å². The summed E-state index contributed by atoms with van der Waals surface area (Å²) in [6.07, 6.45) is 0.926. The Balaban J connectivity index is 1.99. The van der Waals surface area contributed by atoms with E-state index in [1.165, 1.54) is 5.56 Å². The van der Waals surface area contributed by atoms with Gasteiger partial charge in [0.25, 0.3) is 0 Å². The van der Waals surface area contributed by atoms with Gasteiger partial charge in [0.15, 0.2) is 0 Å². The van der Waals surface area contributed by atoms with Crippen LogP contribution in [0.5, 0.6) is 11.5 Å². The number of hydrogen-bond acceptors (Lipinski definition) is 3. The van der Waals surface area contributed by atoms with Gasteiger partial charge in [0, 0.05) is 17.1 Å². The van der Waals surface area contributed by atoms with Gasteiger partial charge in [-0.25, -0.2) is 0 Å². The highest BCUT2D eigenvalue weighted by Gasteiger charge is 2.12. The van der Waals surface area contributed by atoms with Crippen LogP contribution in [-0.4, -0.2) is 19.8 Å². The Kier molecular flexibility index (Phi) is 7.22. The number of hydrogen-bond donors (Lipinski definition) is 1. The average molecular weight is 368 g/mol. The Morgan fingerprint density at radius 3 is 2.54 bits per heavy atom. The van der Waals surface area contributed by atoms with Gasteiger partial charge in [-0.1, -0.05) is 41.4 Å². The second-order valence-electron chi connectivity index (χ2n) is 5.78. The van der Waals surface area contributed by atoms with Gasteiger partial charge in [0.1, 0.15) is 11.5 Å². The predicted molar refractivity (Wildman–Crippen MR) is 101 cm³/mol. The number of halogens is 2. The van der Waals surface area contributed by atoms with E-state index in [2.05, 4.69) is 11.4 Å². The maximum Gasteiger partial charge on any atom is 0.142 e. The zero-order chi connectivity index (χ0) is 17.5. The molecule has 0 aliphatic heterocycles. The predicted octanol–water partition coefficient (Wildman–Crippen LogP) is 5.12. The molecule has 0 amide bonds. The van der Waals surface area contributed by atoms with Crippen molar-refractivity contribution in [2.24, 2.45) is 0 Å². The van der Waals surface area contributed by atoms with Gasteiger partial charge in [-0.05, 0) is 50.6 Å². The van der Waals surface area contributed by atoms with Crippen molar-refractivity contribution in [3.05, 3.63) is 57.6 Å². The third kappa shape index (κ3) is 5.30. The molecular formula is C19H23Cl2NO2. The number of benzene rings is 2. The minimum atomic E-state index is 0.0519. The van der Waals surface area contributed by atoms with Crippen LogP contribution in [0, 0.1) is 0 Å². The van der Waals surface area contributed by atoms with Gasteiger partial charge < -0.3 is 14.8 Å². The molecule has 1 N–H and O–H groups in total. The van der Waals surface area contributed by atoms with Crippen molar-refractivity contribution in [3.8, 4) is 11.5 Å². The summed E-state index contributed by atoms with van der Waals surface area (Å²) in [6, 6.07) is 11.6. The first-order valence-corrected chi connectivity index (χ1v) is 8.74. The number of ether oxygens (including phenoxy) is 2. The first-order valence-electron chi connectivity index (χ1n) is 7.98. The number of rotatable bonds is 8. The van der Waals surface area contributed by atoms with Gasteiger partial charge in [-0.3, -0.25) is 0 Å². The minimum Gasteiger partial charge on any atom is -0.496 e. The van der Waals surface area contributed by atoms with Crippen molar-refractivity contribution in [3.63, 3.8) is 0 Å². The summed E-state index contributed by atoms with van der Waals surface area (Å²) in [5.41, 5.74) is 2.14. The molecule has 0 radical (unpaired) electrons. The molecule has 0 atom stereocenters. The Bertz CT molecular complexity index is 674. The van der Waals surface area contributed by atoms with Gasteiger partial charge in [0.05, 0.1) is 18.2 Å². The molecule has 0 aliphatic rings. The summed E-state index contributed by atoms with van der Waals surface area (Å²) in [4.78, 5) is 0. The van der Waals surface area contributed by atoms with Crippen LogP contribution >= 0.6 is 23.2 Å². The van der Waals surface area contributed by atoms with Crippen LogP contribution in [0.2, 0.25) is 10.0 Å². The van der Waals surface area contributed by atoms with E-state index in [4.69, 9.17) is 32.7 Å². The molecule has 0 heterocycles. The molecule has 0 fully saturated rings. The lowest BCUT2D eigenvalue weighted by Gasteiger charge is -2.17. The molecule has 2 rings (SSSR count). The third-order valence-corrected chi connectivity index (χ3v) is 4.02. The number of para-hydroxylation sites is 1. The lowest BCUT2D eigenvalue weighted by Crippen LogP contribution is -2.18. The van der Waals surface area contributed by atoms with E-state index in [-0.39, 0.29) is 6.10 Å². The molecule has 2 aromatic rings.